The maximum Gasteiger partial charge on any atom is 0.244 e. The Bertz CT molecular complexity index is 553. The second-order valence-corrected chi connectivity index (χ2v) is 6.60. The van der Waals surface area contributed by atoms with Crippen molar-refractivity contribution in [2.45, 2.75) is 37.0 Å². The molecule has 0 spiro atoms. The van der Waals surface area contributed by atoms with E-state index >= 15 is 0 Å². The van der Waals surface area contributed by atoms with E-state index < -0.39 is 10.0 Å². The average molecular weight is 279 g/mol. The molecule has 2 rings (SSSR count). The van der Waals surface area contributed by atoms with Crippen LogP contribution in [0.3, 0.4) is 0 Å². The standard InChI is InChI=1S/C13H17N3O2S/c14-10-12-6-7-13(11-15-12)19(17,18)16-8-4-2-1-3-5-9-16/h6-7,11H,1-5,8-9H2. The van der Waals surface area contributed by atoms with Crippen molar-refractivity contribution in [1.82, 2.24) is 9.29 Å². The van der Waals surface area contributed by atoms with Gasteiger partial charge in [0, 0.05) is 19.3 Å². The summed E-state index contributed by atoms with van der Waals surface area (Å²) in [7, 11) is -3.47. The van der Waals surface area contributed by atoms with E-state index in [0.29, 0.717) is 13.1 Å². The SMILES string of the molecule is N#Cc1ccc(S(=O)(=O)N2CCCCCCC2)cn1. The van der Waals surface area contributed by atoms with Gasteiger partial charge in [0.05, 0.1) is 0 Å². The van der Waals surface area contributed by atoms with Crippen molar-refractivity contribution >= 4 is 10.0 Å². The van der Waals surface area contributed by atoms with Crippen LogP contribution in [0, 0.1) is 11.3 Å². The Labute approximate surface area is 113 Å². The van der Waals surface area contributed by atoms with Gasteiger partial charge in [-0.25, -0.2) is 13.4 Å². The van der Waals surface area contributed by atoms with Gasteiger partial charge >= 0.3 is 0 Å². The van der Waals surface area contributed by atoms with Gasteiger partial charge < -0.3 is 0 Å². The first-order chi connectivity index (χ1) is 9.14. The summed E-state index contributed by atoms with van der Waals surface area (Å²) in [6.07, 6.45) is 6.43. The number of hydrogen-bond donors (Lipinski definition) is 0. The number of aromatic nitrogens is 1. The molecule has 0 unspecified atom stereocenters. The summed E-state index contributed by atoms with van der Waals surface area (Å²) in [5.74, 6) is 0. The quantitative estimate of drug-likeness (QED) is 0.828. The van der Waals surface area contributed by atoms with E-state index in [-0.39, 0.29) is 10.6 Å². The molecular weight excluding hydrogens is 262 g/mol. The van der Waals surface area contributed by atoms with Gasteiger partial charge in [0.25, 0.3) is 0 Å². The number of nitrogens with zero attached hydrogens (tertiary/aromatic N) is 3. The van der Waals surface area contributed by atoms with Crippen LogP contribution < -0.4 is 0 Å². The molecule has 0 N–H and O–H groups in total. The van der Waals surface area contributed by atoms with E-state index in [9.17, 15) is 8.42 Å². The summed E-state index contributed by atoms with van der Waals surface area (Å²) in [5.41, 5.74) is 0.228. The molecule has 1 aromatic rings. The molecule has 0 amide bonds. The third-order valence-corrected chi connectivity index (χ3v) is 5.19. The molecule has 1 aromatic heterocycles. The van der Waals surface area contributed by atoms with Gasteiger partial charge in [-0.3, -0.25) is 0 Å². The molecule has 0 atom stereocenters. The van der Waals surface area contributed by atoms with Crippen LogP contribution in [-0.2, 0) is 10.0 Å². The van der Waals surface area contributed by atoms with Gasteiger partial charge in [-0.2, -0.15) is 9.57 Å². The fourth-order valence-electron chi connectivity index (χ4n) is 2.21. The highest BCUT2D eigenvalue weighted by Crippen LogP contribution is 2.19. The van der Waals surface area contributed by atoms with Crippen LogP contribution in [-0.4, -0.2) is 30.8 Å². The lowest BCUT2D eigenvalue weighted by Gasteiger charge is -2.23. The van der Waals surface area contributed by atoms with Crippen LogP contribution in [0.15, 0.2) is 23.2 Å². The van der Waals surface area contributed by atoms with Crippen LogP contribution in [0.2, 0.25) is 0 Å². The minimum absolute atomic E-state index is 0.173. The first kappa shape index (κ1) is 14.0. The minimum Gasteiger partial charge on any atom is -0.244 e. The molecule has 2 heterocycles. The monoisotopic (exact) mass is 279 g/mol. The number of pyridine rings is 1. The van der Waals surface area contributed by atoms with E-state index in [0.717, 1.165) is 25.7 Å². The summed E-state index contributed by atoms with van der Waals surface area (Å²) in [5, 5.41) is 8.68. The zero-order valence-corrected chi connectivity index (χ0v) is 11.6. The molecule has 5 nitrogen and oxygen atoms in total. The number of nitriles is 1. The highest BCUT2D eigenvalue weighted by atomic mass is 32.2. The van der Waals surface area contributed by atoms with Crippen LogP contribution in [0.1, 0.15) is 37.8 Å². The van der Waals surface area contributed by atoms with E-state index in [1.54, 1.807) is 0 Å². The third kappa shape index (κ3) is 3.31. The summed E-state index contributed by atoms with van der Waals surface area (Å²) in [6, 6.07) is 4.78. The molecule has 0 bridgehead atoms. The lowest BCUT2D eigenvalue weighted by molar-refractivity contribution is 0.364. The van der Waals surface area contributed by atoms with E-state index in [1.807, 2.05) is 6.07 Å². The Morgan fingerprint density at radius 3 is 2.26 bits per heavy atom. The summed E-state index contributed by atoms with van der Waals surface area (Å²) in [6.45, 7) is 1.14. The van der Waals surface area contributed by atoms with Crippen LogP contribution in [0.4, 0.5) is 0 Å². The summed E-state index contributed by atoms with van der Waals surface area (Å²) in [4.78, 5) is 4.01. The Morgan fingerprint density at radius 1 is 1.11 bits per heavy atom. The molecule has 19 heavy (non-hydrogen) atoms. The van der Waals surface area contributed by atoms with Gasteiger partial charge in [0.15, 0.2) is 0 Å². The van der Waals surface area contributed by atoms with Crippen LogP contribution >= 0.6 is 0 Å². The smallest absolute Gasteiger partial charge is 0.244 e. The second-order valence-electron chi connectivity index (χ2n) is 4.66. The molecule has 0 aliphatic carbocycles. The van der Waals surface area contributed by atoms with Gasteiger partial charge in [-0.1, -0.05) is 19.3 Å². The number of hydrogen-bond acceptors (Lipinski definition) is 4. The fraction of sp³-hybridized carbons (Fsp3) is 0.538. The maximum absolute atomic E-state index is 12.5. The van der Waals surface area contributed by atoms with Crippen molar-refractivity contribution < 1.29 is 8.42 Å². The Kier molecular flexibility index (Phi) is 4.51. The van der Waals surface area contributed by atoms with Crippen molar-refractivity contribution in [2.24, 2.45) is 0 Å². The van der Waals surface area contributed by atoms with Gasteiger partial charge in [0.1, 0.15) is 16.7 Å². The Hall–Kier alpha value is -1.45. The van der Waals surface area contributed by atoms with Crippen molar-refractivity contribution in [3.63, 3.8) is 0 Å². The Morgan fingerprint density at radius 2 is 1.74 bits per heavy atom. The largest absolute Gasteiger partial charge is 0.244 e. The minimum atomic E-state index is -3.47. The molecule has 0 saturated carbocycles. The zero-order chi connectivity index (χ0) is 13.7. The molecular formula is C13H17N3O2S. The zero-order valence-electron chi connectivity index (χ0n) is 10.7. The molecule has 1 fully saturated rings. The molecule has 1 aliphatic heterocycles. The predicted octanol–water partition coefficient (Wildman–Crippen LogP) is 1.91. The number of sulfonamides is 1. The maximum atomic E-state index is 12.5. The number of rotatable bonds is 2. The Balaban J connectivity index is 2.21. The van der Waals surface area contributed by atoms with E-state index in [4.69, 9.17) is 5.26 Å². The van der Waals surface area contributed by atoms with Crippen molar-refractivity contribution in [2.75, 3.05) is 13.1 Å². The van der Waals surface area contributed by atoms with Crippen LogP contribution in [0.25, 0.3) is 0 Å². The lowest BCUT2D eigenvalue weighted by atomic mass is 10.1. The highest BCUT2D eigenvalue weighted by molar-refractivity contribution is 7.89. The molecule has 1 saturated heterocycles. The molecule has 102 valence electrons. The molecule has 1 aliphatic rings. The van der Waals surface area contributed by atoms with Gasteiger partial charge in [0.2, 0.25) is 10.0 Å². The molecule has 0 aromatic carbocycles. The van der Waals surface area contributed by atoms with Gasteiger partial charge in [-0.15, -0.1) is 0 Å². The van der Waals surface area contributed by atoms with Crippen LogP contribution in [0.5, 0.6) is 0 Å². The van der Waals surface area contributed by atoms with Crippen molar-refractivity contribution in [3.8, 4) is 6.07 Å². The van der Waals surface area contributed by atoms with Gasteiger partial charge in [-0.05, 0) is 25.0 Å². The topological polar surface area (TPSA) is 74.1 Å². The average Bonchev–Trinajstić information content (AvgIpc) is 2.38. The second kappa shape index (κ2) is 6.13. The summed E-state index contributed by atoms with van der Waals surface area (Å²) >= 11 is 0. The van der Waals surface area contributed by atoms with Crippen molar-refractivity contribution in [3.05, 3.63) is 24.0 Å². The first-order valence-electron chi connectivity index (χ1n) is 6.51. The fourth-order valence-corrected chi connectivity index (χ4v) is 3.67. The first-order valence-corrected chi connectivity index (χ1v) is 7.95. The summed E-state index contributed by atoms with van der Waals surface area (Å²) < 4.78 is 26.4. The van der Waals surface area contributed by atoms with E-state index in [2.05, 4.69) is 4.98 Å². The highest BCUT2D eigenvalue weighted by Gasteiger charge is 2.24. The predicted molar refractivity (Wildman–Crippen MR) is 70.8 cm³/mol. The normalized spacial score (nSPS) is 18.3. The molecule has 6 heteroatoms. The molecule has 0 radical (unpaired) electrons. The van der Waals surface area contributed by atoms with E-state index in [1.165, 1.54) is 29.1 Å². The third-order valence-electron chi connectivity index (χ3n) is 3.30. The van der Waals surface area contributed by atoms with Crippen molar-refractivity contribution in [1.29, 1.82) is 5.26 Å². The lowest BCUT2D eigenvalue weighted by Crippen LogP contribution is -2.33.